The van der Waals surface area contributed by atoms with E-state index in [4.69, 9.17) is 9.72 Å². The highest BCUT2D eigenvalue weighted by Crippen LogP contribution is 2.48. The molecule has 8 rings (SSSR count). The van der Waals surface area contributed by atoms with Crippen molar-refractivity contribution in [3.05, 3.63) is 105 Å². The monoisotopic (exact) mass is 1020 g/mol. The molecule has 0 radical (unpaired) electrons. The van der Waals surface area contributed by atoms with Crippen molar-refractivity contribution in [3.63, 3.8) is 0 Å². The van der Waals surface area contributed by atoms with Crippen molar-refractivity contribution in [2.24, 2.45) is 0 Å². The predicted molar refractivity (Wildman–Crippen MR) is 265 cm³/mol. The molecule has 7 N–H and O–H groups in total. The summed E-state index contributed by atoms with van der Waals surface area (Å²) < 4.78 is 20.7. The second-order valence-electron chi connectivity index (χ2n) is 19.1. The molecule has 3 atom stereocenters. The third-order valence-electron chi connectivity index (χ3n) is 14.1. The average Bonchev–Trinajstić information content (AvgIpc) is 3.91. The van der Waals surface area contributed by atoms with Gasteiger partial charge in [-0.1, -0.05) is 43.7 Å². The second-order valence-corrected chi connectivity index (χ2v) is 19.1. The van der Waals surface area contributed by atoms with Crippen LogP contribution >= 0.6 is 0 Å². The number of esters is 1. The summed E-state index contributed by atoms with van der Waals surface area (Å²) >= 11 is 0. The van der Waals surface area contributed by atoms with E-state index in [0.717, 1.165) is 38.1 Å². The highest BCUT2D eigenvalue weighted by Gasteiger charge is 2.47. The van der Waals surface area contributed by atoms with Crippen LogP contribution in [0.4, 0.5) is 4.39 Å². The average molecular weight is 1020 g/mol. The Morgan fingerprint density at radius 3 is 2.31 bits per heavy atom. The van der Waals surface area contributed by atoms with Crippen LogP contribution in [0.25, 0.3) is 16.6 Å². The van der Waals surface area contributed by atoms with Gasteiger partial charge in [0.05, 0.1) is 42.6 Å². The molecule has 0 saturated carbocycles. The molecule has 0 fully saturated rings. The zero-order chi connectivity index (χ0) is 52.7. The first-order valence-electron chi connectivity index (χ1n) is 25.0. The van der Waals surface area contributed by atoms with Crippen molar-refractivity contribution >= 4 is 69.8 Å². The van der Waals surface area contributed by atoms with Crippen molar-refractivity contribution in [2.45, 2.75) is 102 Å². The van der Waals surface area contributed by atoms with E-state index in [1.165, 1.54) is 18.2 Å². The molecule has 2 aromatic carbocycles. The molecule has 5 aliphatic rings. The molecule has 0 spiro atoms. The summed E-state index contributed by atoms with van der Waals surface area (Å²) in [5.41, 5.74) is 5.08. The van der Waals surface area contributed by atoms with Crippen LogP contribution in [0.2, 0.25) is 0 Å². The Labute approximate surface area is 426 Å². The highest BCUT2D eigenvalue weighted by molar-refractivity contribution is 6.12. The van der Waals surface area contributed by atoms with E-state index >= 15 is 4.39 Å². The van der Waals surface area contributed by atoms with Gasteiger partial charge in [-0.15, -0.1) is 0 Å². The molecule has 1 unspecified atom stereocenters. The molecule has 1 aromatic heterocycles. The smallest absolute Gasteiger partial charge is 0.343 e. The molecule has 3 aromatic rings. The van der Waals surface area contributed by atoms with Crippen LogP contribution < -0.4 is 31.9 Å². The summed E-state index contributed by atoms with van der Waals surface area (Å²) in [6, 6.07) is 8.75. The topological polar surface area (TPSA) is 275 Å². The standard InChI is InChI=1S/C53H60FN9O11/c1-3-53(73)35-22-40-50-34(28-62(40)27-32(35)29-74-52(53)72)49-37(16-15-33-30(2)36(54)23-38(61-50)48(33)49)59-42(65)14-10-19-55-43(66)25-58-51(71)39(21-31-11-6-4-7-12-31)60-45(68)26-57-44(67)24-56-41(64)13-8-5-9-20-63-46(69)17-18-47(63)70/h4,6-7,11-12,17-18,22-23,37,39,73H,3,5,8-10,13-16,19-21,24-29H2,1-2H3,(H,55,66)(H,56,64)(H,57,67)(H,58,71)(H,59,65)(H,60,68)/t37-,39?,53-/m0/s1. The van der Waals surface area contributed by atoms with Crippen LogP contribution in [-0.2, 0) is 67.3 Å². The molecule has 20 nitrogen and oxygen atoms in total. The molecule has 0 saturated heterocycles. The number of carbonyl (C=O) groups excluding carboxylic acids is 9. The third-order valence-corrected chi connectivity index (χ3v) is 14.1. The van der Waals surface area contributed by atoms with Crippen LogP contribution in [0.15, 0.2) is 65.8 Å². The second kappa shape index (κ2) is 22.9. The van der Waals surface area contributed by atoms with Crippen LogP contribution in [0.5, 0.6) is 0 Å². The molecule has 74 heavy (non-hydrogen) atoms. The van der Waals surface area contributed by atoms with Gasteiger partial charge in [0.15, 0.2) is 5.60 Å². The summed E-state index contributed by atoms with van der Waals surface area (Å²) in [6.45, 7) is 3.43. The van der Waals surface area contributed by atoms with Gasteiger partial charge in [0.25, 0.3) is 11.8 Å². The first-order valence-corrected chi connectivity index (χ1v) is 25.0. The number of carbonyl (C=O) groups is 9. The molecular weight excluding hydrogens is 958 g/mol. The Kier molecular flexibility index (Phi) is 16.3. The van der Waals surface area contributed by atoms with Gasteiger partial charge in [0, 0.05) is 80.2 Å². The van der Waals surface area contributed by atoms with Crippen molar-refractivity contribution < 1.29 is 57.4 Å². The van der Waals surface area contributed by atoms with E-state index < -0.39 is 60.4 Å². The fraction of sp³-hybridized carbons (Fsp3) is 0.434. The zero-order valence-corrected chi connectivity index (χ0v) is 41.3. The number of nitrogens with zero attached hydrogens (tertiary/aromatic N) is 3. The van der Waals surface area contributed by atoms with Gasteiger partial charge in [-0.05, 0) is 79.4 Å². The highest BCUT2D eigenvalue weighted by atomic mass is 19.1. The number of pyridine rings is 1. The number of fused-ring (bicyclic) bond motifs is 4. The van der Waals surface area contributed by atoms with Crippen molar-refractivity contribution in [3.8, 4) is 0 Å². The minimum absolute atomic E-state index is 0.0596. The number of aromatic nitrogens is 1. The first kappa shape index (κ1) is 52.5. The minimum Gasteiger partial charge on any atom is -0.459 e. The number of imide groups is 1. The normalized spacial score (nSPS) is 18.7. The molecule has 21 heteroatoms. The van der Waals surface area contributed by atoms with Gasteiger partial charge in [-0.2, -0.15) is 0 Å². The summed E-state index contributed by atoms with van der Waals surface area (Å²) in [6.07, 6.45) is 7.48. The number of aryl methyl sites for hydroxylation is 1. The fourth-order valence-electron chi connectivity index (χ4n) is 10.1. The van der Waals surface area contributed by atoms with E-state index in [9.17, 15) is 48.3 Å². The third kappa shape index (κ3) is 11.7. The Balaban J connectivity index is 0.792. The largest absolute Gasteiger partial charge is 0.459 e. The number of rotatable bonds is 22. The van der Waals surface area contributed by atoms with Crippen molar-refractivity contribution in [1.29, 1.82) is 0 Å². The van der Waals surface area contributed by atoms with E-state index in [0.29, 0.717) is 73.2 Å². The van der Waals surface area contributed by atoms with Crippen molar-refractivity contribution in [1.82, 2.24) is 46.7 Å². The number of amides is 8. The van der Waals surface area contributed by atoms with E-state index in [-0.39, 0.29) is 87.8 Å². The number of benzene rings is 2. The van der Waals surface area contributed by atoms with E-state index in [1.807, 2.05) is 0 Å². The Bertz CT molecular complexity index is 2880. The van der Waals surface area contributed by atoms with Gasteiger partial charge < -0.3 is 46.6 Å². The molecule has 5 heterocycles. The molecule has 390 valence electrons. The quantitative estimate of drug-likeness (QED) is 0.0427. The molecule has 4 aliphatic heterocycles. The van der Waals surface area contributed by atoms with Gasteiger partial charge >= 0.3 is 5.97 Å². The summed E-state index contributed by atoms with van der Waals surface area (Å²) in [5.74, 6) is -4.95. The lowest BCUT2D eigenvalue weighted by atomic mass is 9.81. The lowest BCUT2D eigenvalue weighted by Gasteiger charge is -2.37. The molecule has 8 amide bonds. The Morgan fingerprint density at radius 1 is 0.851 bits per heavy atom. The summed E-state index contributed by atoms with van der Waals surface area (Å²) in [5, 5.41) is 28.2. The van der Waals surface area contributed by atoms with Crippen molar-refractivity contribution in [2.75, 3.05) is 45.9 Å². The maximum absolute atomic E-state index is 15.4. The van der Waals surface area contributed by atoms with Crippen LogP contribution in [-0.4, -0.2) is 131 Å². The maximum Gasteiger partial charge on any atom is 0.343 e. The van der Waals surface area contributed by atoms with Gasteiger partial charge in [-0.3, -0.25) is 43.3 Å². The number of ether oxygens (including phenoxy) is 1. The Hall–Kier alpha value is -7.81. The number of nitrogens with one attached hydrogen (secondary N) is 6. The van der Waals surface area contributed by atoms with Gasteiger partial charge in [0.1, 0.15) is 18.5 Å². The minimum atomic E-state index is -1.80. The number of cyclic esters (lactones) is 1. The van der Waals surface area contributed by atoms with Gasteiger partial charge in [0.2, 0.25) is 35.4 Å². The number of hydrogen-bond acceptors (Lipinski definition) is 13. The number of hydrogen-bond donors (Lipinski definition) is 7. The van der Waals surface area contributed by atoms with Crippen LogP contribution in [0.1, 0.15) is 97.8 Å². The summed E-state index contributed by atoms with van der Waals surface area (Å²) in [7, 11) is 0. The lowest BCUT2D eigenvalue weighted by Crippen LogP contribution is -2.52. The van der Waals surface area contributed by atoms with Crippen LogP contribution in [0.3, 0.4) is 0 Å². The van der Waals surface area contributed by atoms with E-state index in [1.54, 1.807) is 50.3 Å². The fourth-order valence-corrected chi connectivity index (χ4v) is 10.1. The first-order chi connectivity index (χ1) is 35.5. The van der Waals surface area contributed by atoms with Crippen LogP contribution in [0, 0.1) is 12.7 Å². The lowest BCUT2D eigenvalue weighted by molar-refractivity contribution is -0.163. The maximum atomic E-state index is 15.4. The zero-order valence-electron chi connectivity index (χ0n) is 41.3. The number of aliphatic hydroxyl groups is 1. The van der Waals surface area contributed by atoms with Gasteiger partial charge in [-0.25, -0.2) is 14.2 Å². The number of halogens is 1. The predicted octanol–water partition coefficient (Wildman–Crippen LogP) is 1.41. The molecule has 0 bridgehead atoms. The Morgan fingerprint density at radius 2 is 1.55 bits per heavy atom. The number of unbranched alkanes of at least 4 members (excludes halogenated alkanes) is 2. The summed E-state index contributed by atoms with van der Waals surface area (Å²) in [4.78, 5) is 122. The molecular formula is C53H60FN9O11. The SMILES string of the molecule is CC[C@@]1(O)C(=O)OCC2=C1C=C1c3nc4cc(F)c(C)c5c4c(c3CN1C2)[C@@H](NC(=O)CCCNC(=O)CNC(=O)C(Cc1ccccc1)NC(=O)CNC(=O)CNC(=O)CCCCCN1C(=O)C=CC1=O)CC5. The van der Waals surface area contributed by atoms with E-state index in [2.05, 4.69) is 36.8 Å². The molecule has 1 aliphatic carbocycles.